The fraction of sp³-hybridized carbons (Fsp3) is 0.875. The third-order valence-electron chi connectivity index (χ3n) is 4.16. The van der Waals surface area contributed by atoms with E-state index in [9.17, 15) is 22.8 Å². The van der Waals surface area contributed by atoms with E-state index in [0.717, 1.165) is 25.7 Å². The number of hydrogen-bond donors (Lipinski definition) is 1. The summed E-state index contributed by atoms with van der Waals surface area (Å²) < 4.78 is 44.8. The number of carbonyl (C=O) groups is 2. The van der Waals surface area contributed by atoms with Crippen LogP contribution in [0.3, 0.4) is 0 Å². The molecule has 8 heteroatoms. The standard InChI is InChI=1S/C16H26F3NO4/c1-15(2,3)11-4-6-12(7-5-11)24-13(21)8-9-20-14(22)23-10-16(17,18)19/h11-12H,4-10H2,1-3H3,(H,20,22). The van der Waals surface area contributed by atoms with Crippen molar-refractivity contribution >= 4 is 12.1 Å². The van der Waals surface area contributed by atoms with Crippen LogP contribution in [0.4, 0.5) is 18.0 Å². The summed E-state index contributed by atoms with van der Waals surface area (Å²) in [7, 11) is 0. The smallest absolute Gasteiger partial charge is 0.422 e. The Balaban J connectivity index is 2.16. The molecule has 0 radical (unpaired) electrons. The summed E-state index contributed by atoms with van der Waals surface area (Å²) in [6.07, 6.45) is -2.35. The van der Waals surface area contributed by atoms with Gasteiger partial charge in [-0.15, -0.1) is 0 Å². The molecule has 0 aromatic carbocycles. The van der Waals surface area contributed by atoms with Gasteiger partial charge in [0.15, 0.2) is 6.61 Å². The predicted molar refractivity (Wildman–Crippen MR) is 81.3 cm³/mol. The number of nitrogens with one attached hydrogen (secondary N) is 1. The van der Waals surface area contributed by atoms with Gasteiger partial charge in [-0.2, -0.15) is 13.2 Å². The molecule has 0 heterocycles. The van der Waals surface area contributed by atoms with Gasteiger partial charge in [0.2, 0.25) is 0 Å². The Morgan fingerprint density at radius 3 is 2.17 bits per heavy atom. The van der Waals surface area contributed by atoms with E-state index in [1.807, 2.05) is 0 Å². The van der Waals surface area contributed by atoms with Gasteiger partial charge in [0.25, 0.3) is 0 Å². The predicted octanol–water partition coefficient (Wildman–Crippen LogP) is 3.81. The van der Waals surface area contributed by atoms with E-state index in [1.54, 1.807) is 0 Å². The molecule has 1 saturated carbocycles. The molecule has 0 aromatic heterocycles. The maximum atomic E-state index is 11.8. The number of alkyl halides is 3. The van der Waals surface area contributed by atoms with Crippen molar-refractivity contribution < 1.29 is 32.2 Å². The first kappa shape index (κ1) is 20.6. The summed E-state index contributed by atoms with van der Waals surface area (Å²) >= 11 is 0. The lowest BCUT2D eigenvalue weighted by atomic mass is 9.72. The van der Waals surface area contributed by atoms with Crippen LogP contribution in [0.15, 0.2) is 0 Å². The Kier molecular flexibility index (Phi) is 7.35. The molecule has 1 rings (SSSR count). The van der Waals surface area contributed by atoms with Crippen LogP contribution >= 0.6 is 0 Å². The molecule has 5 nitrogen and oxygen atoms in total. The summed E-state index contributed by atoms with van der Waals surface area (Å²) in [6.45, 7) is 4.84. The lowest BCUT2D eigenvalue weighted by Crippen LogP contribution is -2.32. The first-order chi connectivity index (χ1) is 11.0. The summed E-state index contributed by atoms with van der Waals surface area (Å²) in [6, 6.07) is 0. The fourth-order valence-corrected chi connectivity index (χ4v) is 2.76. The van der Waals surface area contributed by atoms with Crippen molar-refractivity contribution in [2.75, 3.05) is 13.2 Å². The van der Waals surface area contributed by atoms with E-state index in [0.29, 0.717) is 5.92 Å². The molecule has 1 aliphatic rings. The SMILES string of the molecule is CC(C)(C)C1CCC(OC(=O)CCNC(=O)OCC(F)(F)F)CC1. The largest absolute Gasteiger partial charge is 0.462 e. The third-order valence-corrected chi connectivity index (χ3v) is 4.16. The molecule has 1 fully saturated rings. The Morgan fingerprint density at radius 1 is 1.08 bits per heavy atom. The average Bonchev–Trinajstić information content (AvgIpc) is 2.44. The van der Waals surface area contributed by atoms with Crippen molar-refractivity contribution in [2.45, 2.75) is 65.2 Å². The molecular formula is C16H26F3NO4. The molecule has 0 spiro atoms. The van der Waals surface area contributed by atoms with E-state index >= 15 is 0 Å². The summed E-state index contributed by atoms with van der Waals surface area (Å²) in [4.78, 5) is 22.7. The molecule has 0 saturated heterocycles. The van der Waals surface area contributed by atoms with E-state index in [2.05, 4.69) is 30.8 Å². The highest BCUT2D eigenvalue weighted by Crippen LogP contribution is 2.38. The molecule has 24 heavy (non-hydrogen) atoms. The quantitative estimate of drug-likeness (QED) is 0.763. The van der Waals surface area contributed by atoms with Gasteiger partial charge in [-0.25, -0.2) is 4.79 Å². The number of hydrogen-bond acceptors (Lipinski definition) is 4. The zero-order chi connectivity index (χ0) is 18.4. The zero-order valence-electron chi connectivity index (χ0n) is 14.4. The van der Waals surface area contributed by atoms with Crippen molar-refractivity contribution in [1.82, 2.24) is 5.32 Å². The topological polar surface area (TPSA) is 64.6 Å². The van der Waals surface area contributed by atoms with Crippen molar-refractivity contribution in [1.29, 1.82) is 0 Å². The Labute approximate surface area is 140 Å². The molecule has 1 aliphatic carbocycles. The van der Waals surface area contributed by atoms with Crippen LogP contribution in [0.2, 0.25) is 0 Å². The molecule has 0 unspecified atom stereocenters. The molecule has 1 amide bonds. The number of carbonyl (C=O) groups excluding carboxylic acids is 2. The second-order valence-electron chi connectivity index (χ2n) is 7.20. The molecular weight excluding hydrogens is 327 g/mol. The fourth-order valence-electron chi connectivity index (χ4n) is 2.76. The summed E-state index contributed by atoms with van der Waals surface area (Å²) in [5.41, 5.74) is 0.246. The highest BCUT2D eigenvalue weighted by Gasteiger charge is 2.31. The number of amides is 1. The van der Waals surface area contributed by atoms with E-state index in [4.69, 9.17) is 4.74 Å². The van der Waals surface area contributed by atoms with Crippen LogP contribution in [-0.2, 0) is 14.3 Å². The number of esters is 1. The minimum atomic E-state index is -4.57. The van der Waals surface area contributed by atoms with Gasteiger partial charge >= 0.3 is 18.2 Å². The van der Waals surface area contributed by atoms with Crippen LogP contribution < -0.4 is 5.32 Å². The number of ether oxygens (including phenoxy) is 2. The van der Waals surface area contributed by atoms with Gasteiger partial charge in [0.05, 0.1) is 6.42 Å². The Hall–Kier alpha value is -1.47. The van der Waals surface area contributed by atoms with Gasteiger partial charge in [-0.05, 0) is 37.0 Å². The van der Waals surface area contributed by atoms with Crippen LogP contribution in [0.1, 0.15) is 52.9 Å². The molecule has 0 aliphatic heterocycles. The Bertz CT molecular complexity index is 424. The third kappa shape index (κ3) is 8.40. The van der Waals surface area contributed by atoms with Gasteiger partial charge in [0, 0.05) is 6.54 Å². The van der Waals surface area contributed by atoms with Crippen molar-refractivity contribution in [3.05, 3.63) is 0 Å². The molecule has 0 bridgehead atoms. The van der Waals surface area contributed by atoms with Crippen molar-refractivity contribution in [3.63, 3.8) is 0 Å². The normalized spacial score (nSPS) is 21.9. The van der Waals surface area contributed by atoms with Gasteiger partial charge in [-0.1, -0.05) is 20.8 Å². The van der Waals surface area contributed by atoms with Gasteiger partial charge in [-0.3, -0.25) is 4.79 Å². The first-order valence-electron chi connectivity index (χ1n) is 8.14. The molecule has 140 valence electrons. The lowest BCUT2D eigenvalue weighted by molar-refractivity contribution is -0.160. The minimum Gasteiger partial charge on any atom is -0.462 e. The monoisotopic (exact) mass is 353 g/mol. The van der Waals surface area contributed by atoms with Gasteiger partial charge in [0.1, 0.15) is 6.10 Å². The molecule has 1 N–H and O–H groups in total. The van der Waals surface area contributed by atoms with E-state index in [1.165, 1.54) is 0 Å². The zero-order valence-corrected chi connectivity index (χ0v) is 14.4. The lowest BCUT2D eigenvalue weighted by Gasteiger charge is -2.36. The van der Waals surface area contributed by atoms with E-state index < -0.39 is 24.8 Å². The van der Waals surface area contributed by atoms with Crippen molar-refractivity contribution in [2.24, 2.45) is 11.3 Å². The van der Waals surface area contributed by atoms with Crippen LogP contribution in [0.25, 0.3) is 0 Å². The number of rotatable bonds is 5. The van der Waals surface area contributed by atoms with Crippen LogP contribution in [0, 0.1) is 11.3 Å². The first-order valence-corrected chi connectivity index (χ1v) is 8.14. The molecule has 0 aromatic rings. The maximum absolute atomic E-state index is 11.8. The minimum absolute atomic E-state index is 0.0969. The van der Waals surface area contributed by atoms with Crippen molar-refractivity contribution in [3.8, 4) is 0 Å². The summed E-state index contributed by atoms with van der Waals surface area (Å²) in [5.74, 6) is 0.142. The number of alkyl carbamates (subject to hydrolysis) is 1. The summed E-state index contributed by atoms with van der Waals surface area (Å²) in [5, 5.41) is 2.09. The Morgan fingerprint density at radius 2 is 1.67 bits per heavy atom. The molecule has 0 atom stereocenters. The highest BCUT2D eigenvalue weighted by atomic mass is 19.4. The second-order valence-corrected chi connectivity index (χ2v) is 7.20. The van der Waals surface area contributed by atoms with E-state index in [-0.39, 0.29) is 24.5 Å². The highest BCUT2D eigenvalue weighted by molar-refractivity contribution is 5.72. The second kappa shape index (κ2) is 8.58. The maximum Gasteiger partial charge on any atom is 0.422 e. The average molecular weight is 353 g/mol. The van der Waals surface area contributed by atoms with Gasteiger partial charge < -0.3 is 14.8 Å². The number of halogens is 3. The van der Waals surface area contributed by atoms with Crippen LogP contribution in [0.5, 0.6) is 0 Å². The van der Waals surface area contributed by atoms with Crippen LogP contribution in [-0.4, -0.2) is 37.5 Å².